The summed E-state index contributed by atoms with van der Waals surface area (Å²) < 4.78 is 0. The molecule has 94 valence electrons. The molecule has 0 aliphatic carbocycles. The Kier molecular flexibility index (Phi) is 4.43. The highest BCUT2D eigenvalue weighted by Gasteiger charge is 1.97. The Bertz CT molecular complexity index is 628. The quantitative estimate of drug-likeness (QED) is 0.572. The van der Waals surface area contributed by atoms with Crippen LogP contribution in [0.25, 0.3) is 0 Å². The first-order valence-electron chi connectivity index (χ1n) is 6.01. The van der Waals surface area contributed by atoms with E-state index in [4.69, 9.17) is 0 Å². The van der Waals surface area contributed by atoms with Gasteiger partial charge in [0.15, 0.2) is 5.12 Å². The van der Waals surface area contributed by atoms with Gasteiger partial charge in [-0.3, -0.25) is 4.79 Å². The highest BCUT2D eigenvalue weighted by Crippen LogP contribution is 2.18. The van der Waals surface area contributed by atoms with Gasteiger partial charge >= 0.3 is 0 Å². The highest BCUT2D eigenvalue weighted by molar-refractivity contribution is 8.13. The first kappa shape index (κ1) is 13.5. The predicted molar refractivity (Wildman–Crippen MR) is 80.1 cm³/mol. The molecule has 0 bridgehead atoms. The fourth-order valence-electron chi connectivity index (χ4n) is 1.55. The van der Waals surface area contributed by atoms with Gasteiger partial charge in [0.2, 0.25) is 0 Å². The fourth-order valence-corrected chi connectivity index (χ4v) is 2.16. The molecule has 0 saturated heterocycles. The third kappa shape index (κ3) is 4.31. The summed E-state index contributed by atoms with van der Waals surface area (Å²) in [6, 6.07) is 15.9. The lowest BCUT2D eigenvalue weighted by Crippen LogP contribution is -1.82. The van der Waals surface area contributed by atoms with Crippen LogP contribution in [0.15, 0.2) is 53.4 Å². The molecule has 0 aliphatic heterocycles. The second kappa shape index (κ2) is 6.26. The van der Waals surface area contributed by atoms with Crippen molar-refractivity contribution < 1.29 is 4.79 Å². The fraction of sp³-hybridized carbons (Fsp3) is 0.118. The van der Waals surface area contributed by atoms with E-state index in [1.807, 2.05) is 36.4 Å². The third-order valence-corrected chi connectivity index (χ3v) is 3.31. The molecule has 0 amide bonds. The number of carbonyl (C=O) groups excluding carboxylic acids is 1. The van der Waals surface area contributed by atoms with Crippen LogP contribution >= 0.6 is 11.8 Å². The van der Waals surface area contributed by atoms with Crippen LogP contribution in [-0.2, 0) is 4.79 Å². The average molecular weight is 266 g/mol. The van der Waals surface area contributed by atoms with Crippen molar-refractivity contribution >= 4 is 16.9 Å². The van der Waals surface area contributed by atoms with Crippen molar-refractivity contribution in [3.63, 3.8) is 0 Å². The molecular weight excluding hydrogens is 252 g/mol. The number of hydrogen-bond donors (Lipinski definition) is 0. The zero-order valence-electron chi connectivity index (χ0n) is 10.9. The molecule has 0 atom stereocenters. The number of hydrogen-bond acceptors (Lipinski definition) is 2. The van der Waals surface area contributed by atoms with E-state index in [2.05, 4.69) is 30.9 Å². The first-order chi connectivity index (χ1) is 9.13. The topological polar surface area (TPSA) is 17.1 Å². The minimum atomic E-state index is 0.0958. The van der Waals surface area contributed by atoms with Gasteiger partial charge in [-0.1, -0.05) is 41.3 Å². The smallest absolute Gasteiger partial charge is 0.190 e. The van der Waals surface area contributed by atoms with Crippen LogP contribution in [0.2, 0.25) is 0 Å². The lowest BCUT2D eigenvalue weighted by atomic mass is 10.1. The Morgan fingerprint density at radius 1 is 0.895 bits per heavy atom. The Labute approximate surface area is 118 Å². The molecular formula is C17H14OS. The van der Waals surface area contributed by atoms with Gasteiger partial charge in [-0.2, -0.15) is 0 Å². The van der Waals surface area contributed by atoms with Crippen LogP contribution < -0.4 is 0 Å². The van der Waals surface area contributed by atoms with E-state index >= 15 is 0 Å². The van der Waals surface area contributed by atoms with E-state index < -0.39 is 0 Å². The van der Waals surface area contributed by atoms with E-state index in [9.17, 15) is 4.79 Å². The van der Waals surface area contributed by atoms with Crippen molar-refractivity contribution in [3.05, 3.63) is 65.2 Å². The number of thioether (sulfide) groups is 1. The third-order valence-electron chi connectivity index (χ3n) is 2.52. The zero-order valence-corrected chi connectivity index (χ0v) is 11.8. The molecule has 0 spiro atoms. The Hall–Kier alpha value is -1.98. The number of carbonyl (C=O) groups is 1. The predicted octanol–water partition coefficient (Wildman–Crippen LogP) is 4.03. The highest BCUT2D eigenvalue weighted by atomic mass is 32.2. The van der Waals surface area contributed by atoms with Crippen LogP contribution in [0.5, 0.6) is 0 Å². The van der Waals surface area contributed by atoms with Crippen molar-refractivity contribution in [2.45, 2.75) is 18.7 Å². The van der Waals surface area contributed by atoms with Gasteiger partial charge in [-0.15, -0.1) is 0 Å². The summed E-state index contributed by atoms with van der Waals surface area (Å²) in [6.45, 7) is 3.62. The molecule has 2 heteroatoms. The summed E-state index contributed by atoms with van der Waals surface area (Å²) >= 11 is 1.24. The van der Waals surface area contributed by atoms with E-state index in [0.29, 0.717) is 0 Å². The summed E-state index contributed by atoms with van der Waals surface area (Å²) in [6.07, 6.45) is 0. The van der Waals surface area contributed by atoms with Crippen LogP contribution in [0, 0.1) is 18.8 Å². The maximum absolute atomic E-state index is 11.0. The second-order valence-corrected chi connectivity index (χ2v) is 5.48. The lowest BCUT2D eigenvalue weighted by molar-refractivity contribution is -0.109. The molecule has 0 saturated carbocycles. The van der Waals surface area contributed by atoms with Crippen molar-refractivity contribution in [3.8, 4) is 11.8 Å². The van der Waals surface area contributed by atoms with Gasteiger partial charge < -0.3 is 0 Å². The first-order valence-corrected chi connectivity index (χ1v) is 6.82. The summed E-state index contributed by atoms with van der Waals surface area (Å²) in [5.74, 6) is 6.24. The minimum absolute atomic E-state index is 0.0958. The maximum Gasteiger partial charge on any atom is 0.190 e. The standard InChI is InChI=1S/C17H14OS/c1-13-3-5-15(6-4-13)7-8-16-9-11-17(12-10-16)19-14(2)18/h3-6,9-12H,1-2H3. The molecule has 1 nitrogen and oxygen atoms in total. The van der Waals surface area contributed by atoms with Gasteiger partial charge in [-0.25, -0.2) is 0 Å². The Morgan fingerprint density at radius 2 is 1.37 bits per heavy atom. The molecule has 19 heavy (non-hydrogen) atoms. The SMILES string of the molecule is CC(=O)Sc1ccc(C#Cc2ccc(C)cc2)cc1. The van der Waals surface area contributed by atoms with E-state index in [1.165, 1.54) is 17.3 Å². The number of benzene rings is 2. The summed E-state index contributed by atoms with van der Waals surface area (Å²) in [7, 11) is 0. The number of rotatable bonds is 1. The summed E-state index contributed by atoms with van der Waals surface area (Å²) in [5, 5.41) is 0.0958. The van der Waals surface area contributed by atoms with Crippen LogP contribution in [-0.4, -0.2) is 5.12 Å². The van der Waals surface area contributed by atoms with E-state index in [-0.39, 0.29) is 5.12 Å². The van der Waals surface area contributed by atoms with Gasteiger partial charge in [0, 0.05) is 22.9 Å². The van der Waals surface area contributed by atoms with Crippen molar-refractivity contribution in [2.24, 2.45) is 0 Å². The molecule has 0 radical (unpaired) electrons. The van der Waals surface area contributed by atoms with Gasteiger partial charge in [0.25, 0.3) is 0 Å². The van der Waals surface area contributed by atoms with E-state index in [0.717, 1.165) is 16.0 Å². The van der Waals surface area contributed by atoms with Crippen LogP contribution in [0.1, 0.15) is 23.6 Å². The van der Waals surface area contributed by atoms with Crippen LogP contribution in [0.4, 0.5) is 0 Å². The van der Waals surface area contributed by atoms with Gasteiger partial charge in [0.05, 0.1) is 0 Å². The lowest BCUT2D eigenvalue weighted by Gasteiger charge is -1.96. The molecule has 2 rings (SSSR count). The van der Waals surface area contributed by atoms with Crippen molar-refractivity contribution in [1.82, 2.24) is 0 Å². The van der Waals surface area contributed by atoms with Crippen molar-refractivity contribution in [2.75, 3.05) is 0 Å². The molecule has 2 aromatic carbocycles. The molecule has 0 aliphatic rings. The largest absolute Gasteiger partial charge is 0.287 e. The Balaban J connectivity index is 2.11. The summed E-state index contributed by atoms with van der Waals surface area (Å²) in [4.78, 5) is 11.9. The molecule has 0 heterocycles. The number of aryl methyl sites for hydroxylation is 1. The second-order valence-electron chi connectivity index (χ2n) is 4.23. The van der Waals surface area contributed by atoms with Gasteiger partial charge in [-0.05, 0) is 43.3 Å². The molecule has 0 aromatic heterocycles. The average Bonchev–Trinajstić information content (AvgIpc) is 2.39. The van der Waals surface area contributed by atoms with Crippen molar-refractivity contribution in [1.29, 1.82) is 0 Å². The molecule has 0 unspecified atom stereocenters. The van der Waals surface area contributed by atoms with E-state index in [1.54, 1.807) is 6.92 Å². The molecule has 0 fully saturated rings. The monoisotopic (exact) mass is 266 g/mol. The minimum Gasteiger partial charge on any atom is -0.287 e. The summed E-state index contributed by atoms with van der Waals surface area (Å²) in [5.41, 5.74) is 3.19. The molecule has 0 N–H and O–H groups in total. The van der Waals surface area contributed by atoms with Crippen LogP contribution in [0.3, 0.4) is 0 Å². The maximum atomic E-state index is 11.0. The van der Waals surface area contributed by atoms with Gasteiger partial charge in [0.1, 0.15) is 0 Å². The zero-order chi connectivity index (χ0) is 13.7. The normalized spacial score (nSPS) is 9.58. The Morgan fingerprint density at radius 3 is 1.84 bits per heavy atom. The molecule has 2 aromatic rings.